The summed E-state index contributed by atoms with van der Waals surface area (Å²) in [4.78, 5) is 5.06. The van der Waals surface area contributed by atoms with Crippen molar-refractivity contribution in [1.82, 2.24) is 0 Å². The van der Waals surface area contributed by atoms with Crippen LogP contribution in [0.15, 0.2) is 35.3 Å². The van der Waals surface area contributed by atoms with Crippen LogP contribution in [0.4, 0.5) is 0 Å². The third-order valence-electron chi connectivity index (χ3n) is 4.95. The van der Waals surface area contributed by atoms with Gasteiger partial charge in [0.1, 0.15) is 0 Å². The largest absolute Gasteiger partial charge is 0.287 e. The van der Waals surface area contributed by atoms with Crippen LogP contribution in [-0.4, -0.2) is 11.3 Å². The van der Waals surface area contributed by atoms with Gasteiger partial charge in [0.2, 0.25) is 0 Å². The Morgan fingerprint density at radius 1 is 1.05 bits per heavy atom. The summed E-state index contributed by atoms with van der Waals surface area (Å²) in [7, 11) is 0. The minimum Gasteiger partial charge on any atom is -0.287 e. The molecule has 0 saturated heterocycles. The lowest BCUT2D eigenvalue weighted by Gasteiger charge is -2.32. The molecule has 0 N–H and O–H groups in total. The number of aliphatic imine (C=N–C) groups is 1. The normalized spacial score (nSPS) is 21.3. The molecular weight excluding hydrogens is 230 g/mol. The van der Waals surface area contributed by atoms with Crippen molar-refractivity contribution in [3.8, 4) is 0 Å². The maximum Gasteiger partial charge on any atom is 0.0606 e. The van der Waals surface area contributed by atoms with E-state index in [4.69, 9.17) is 4.99 Å². The van der Waals surface area contributed by atoms with Crippen LogP contribution in [0, 0.1) is 10.8 Å². The highest BCUT2D eigenvalue weighted by atomic mass is 14.9. The summed E-state index contributed by atoms with van der Waals surface area (Å²) < 4.78 is 0. The number of nitrogens with zero attached hydrogens (tertiary/aromatic N) is 1. The van der Waals surface area contributed by atoms with Crippen LogP contribution in [-0.2, 0) is 6.42 Å². The summed E-state index contributed by atoms with van der Waals surface area (Å²) in [6.07, 6.45) is 2.18. The third kappa shape index (κ3) is 2.75. The maximum absolute atomic E-state index is 5.06. The van der Waals surface area contributed by atoms with Crippen LogP contribution < -0.4 is 0 Å². The highest BCUT2D eigenvalue weighted by Gasteiger charge is 2.46. The minimum atomic E-state index is 0.0519. The summed E-state index contributed by atoms with van der Waals surface area (Å²) in [5.41, 5.74) is 3.24. The summed E-state index contributed by atoms with van der Waals surface area (Å²) in [5.74, 6) is 0. The second-order valence-corrected chi connectivity index (χ2v) is 7.72. The first-order chi connectivity index (χ1) is 8.64. The van der Waals surface area contributed by atoms with Crippen molar-refractivity contribution in [3.05, 3.63) is 35.9 Å². The smallest absolute Gasteiger partial charge is 0.0606 e. The molecule has 1 aliphatic rings. The molecule has 0 fully saturated rings. The molecule has 0 aliphatic carbocycles. The van der Waals surface area contributed by atoms with Crippen LogP contribution in [0.25, 0.3) is 0 Å². The van der Waals surface area contributed by atoms with E-state index in [-0.39, 0.29) is 16.4 Å². The quantitative estimate of drug-likeness (QED) is 0.730. The molecule has 19 heavy (non-hydrogen) atoms. The highest BCUT2D eigenvalue weighted by molar-refractivity contribution is 5.92. The van der Waals surface area contributed by atoms with Crippen LogP contribution >= 0.6 is 0 Å². The summed E-state index contributed by atoms with van der Waals surface area (Å²) in [5, 5.41) is 0. The van der Waals surface area contributed by atoms with Crippen molar-refractivity contribution in [2.24, 2.45) is 15.8 Å². The van der Waals surface area contributed by atoms with Gasteiger partial charge < -0.3 is 0 Å². The molecule has 2 rings (SSSR count). The van der Waals surface area contributed by atoms with Gasteiger partial charge in [0.25, 0.3) is 0 Å². The molecule has 1 heteroatoms. The zero-order valence-corrected chi connectivity index (χ0v) is 13.2. The van der Waals surface area contributed by atoms with Crippen molar-refractivity contribution in [2.75, 3.05) is 0 Å². The predicted molar refractivity (Wildman–Crippen MR) is 83.8 cm³/mol. The van der Waals surface area contributed by atoms with Crippen LogP contribution in [0.2, 0.25) is 0 Å². The van der Waals surface area contributed by atoms with Gasteiger partial charge in [-0.25, -0.2) is 0 Å². The molecular formula is C18H27N. The summed E-state index contributed by atoms with van der Waals surface area (Å²) in [6.45, 7) is 13.9. The lowest BCUT2D eigenvalue weighted by molar-refractivity contribution is 0.237. The Morgan fingerprint density at radius 3 is 2.11 bits per heavy atom. The van der Waals surface area contributed by atoms with Crippen molar-refractivity contribution in [2.45, 2.75) is 59.9 Å². The lowest BCUT2D eigenvalue weighted by Crippen LogP contribution is -2.33. The van der Waals surface area contributed by atoms with Crippen LogP contribution in [0.3, 0.4) is 0 Å². The fraction of sp³-hybridized carbons (Fsp3) is 0.611. The molecule has 1 aromatic rings. The Labute approximate surface area is 118 Å². The SMILES string of the molecule is CC(C)(Cc1ccccc1)C1=NC(C)(C)C(C)(C)C1. The fourth-order valence-electron chi connectivity index (χ4n) is 2.76. The Morgan fingerprint density at radius 2 is 1.63 bits per heavy atom. The molecule has 0 aromatic heterocycles. The zero-order chi connectivity index (χ0) is 14.3. The van der Waals surface area contributed by atoms with Crippen molar-refractivity contribution in [1.29, 1.82) is 0 Å². The van der Waals surface area contributed by atoms with E-state index < -0.39 is 0 Å². The van der Waals surface area contributed by atoms with Gasteiger partial charge in [0, 0.05) is 11.1 Å². The molecule has 0 bridgehead atoms. The topological polar surface area (TPSA) is 12.4 Å². The molecule has 1 aromatic carbocycles. The second-order valence-electron chi connectivity index (χ2n) is 7.72. The van der Waals surface area contributed by atoms with E-state index in [1.165, 1.54) is 11.3 Å². The first-order valence-corrected chi connectivity index (χ1v) is 7.27. The number of hydrogen-bond acceptors (Lipinski definition) is 1. The molecule has 0 spiro atoms. The molecule has 104 valence electrons. The van der Waals surface area contributed by atoms with Crippen molar-refractivity contribution >= 4 is 5.71 Å². The average molecular weight is 257 g/mol. The Bertz CT molecular complexity index is 478. The van der Waals surface area contributed by atoms with Gasteiger partial charge in [0.05, 0.1) is 5.54 Å². The van der Waals surface area contributed by atoms with E-state index in [0.717, 1.165) is 12.8 Å². The molecule has 0 unspecified atom stereocenters. The predicted octanol–water partition coefficient (Wildman–Crippen LogP) is 4.90. The third-order valence-corrected chi connectivity index (χ3v) is 4.95. The van der Waals surface area contributed by atoms with Gasteiger partial charge in [-0.3, -0.25) is 4.99 Å². The van der Waals surface area contributed by atoms with E-state index in [0.29, 0.717) is 0 Å². The molecule has 1 nitrogen and oxygen atoms in total. The van der Waals surface area contributed by atoms with E-state index in [9.17, 15) is 0 Å². The Kier molecular flexibility index (Phi) is 3.36. The van der Waals surface area contributed by atoms with E-state index in [1.54, 1.807) is 0 Å². The molecule has 0 radical (unpaired) electrons. The standard InChI is InChI=1S/C18H27N/c1-16(2,12-14-10-8-7-9-11-14)15-13-17(3,4)18(5,6)19-15/h7-11H,12-13H2,1-6H3. The fourth-order valence-corrected chi connectivity index (χ4v) is 2.76. The molecule has 1 heterocycles. The van der Waals surface area contributed by atoms with E-state index >= 15 is 0 Å². The molecule has 1 aliphatic heterocycles. The maximum atomic E-state index is 5.06. The molecule has 0 atom stereocenters. The van der Waals surface area contributed by atoms with Gasteiger partial charge in [-0.15, -0.1) is 0 Å². The number of benzene rings is 1. The highest BCUT2D eigenvalue weighted by Crippen LogP contribution is 2.46. The zero-order valence-electron chi connectivity index (χ0n) is 13.2. The van der Waals surface area contributed by atoms with Gasteiger partial charge in [-0.1, -0.05) is 58.0 Å². The van der Waals surface area contributed by atoms with Crippen molar-refractivity contribution < 1.29 is 0 Å². The Hall–Kier alpha value is -1.11. The van der Waals surface area contributed by atoms with Crippen molar-refractivity contribution in [3.63, 3.8) is 0 Å². The van der Waals surface area contributed by atoms with Crippen LogP contribution in [0.1, 0.15) is 53.5 Å². The van der Waals surface area contributed by atoms with Gasteiger partial charge in [-0.05, 0) is 37.7 Å². The first-order valence-electron chi connectivity index (χ1n) is 7.27. The summed E-state index contributed by atoms with van der Waals surface area (Å²) >= 11 is 0. The van der Waals surface area contributed by atoms with E-state index in [1.807, 2.05) is 0 Å². The van der Waals surface area contributed by atoms with Gasteiger partial charge in [-0.2, -0.15) is 0 Å². The molecule has 0 amide bonds. The Balaban J connectivity index is 2.22. The average Bonchev–Trinajstić information content (AvgIpc) is 2.49. The second kappa shape index (κ2) is 4.47. The number of rotatable bonds is 3. The summed E-state index contributed by atoms with van der Waals surface area (Å²) in [6, 6.07) is 10.8. The van der Waals surface area contributed by atoms with E-state index in [2.05, 4.69) is 71.9 Å². The molecule has 0 saturated carbocycles. The van der Waals surface area contributed by atoms with Gasteiger partial charge >= 0.3 is 0 Å². The van der Waals surface area contributed by atoms with Gasteiger partial charge in [0.15, 0.2) is 0 Å². The monoisotopic (exact) mass is 257 g/mol. The first kappa shape index (κ1) is 14.3. The van der Waals surface area contributed by atoms with Crippen LogP contribution in [0.5, 0.6) is 0 Å². The minimum absolute atomic E-state index is 0.0519. The number of hydrogen-bond donors (Lipinski definition) is 0. The lowest BCUT2D eigenvalue weighted by atomic mass is 9.71.